The van der Waals surface area contributed by atoms with Crippen LogP contribution in [0.3, 0.4) is 0 Å². The minimum Gasteiger partial charge on any atom is -0.505 e. The van der Waals surface area contributed by atoms with Gasteiger partial charge in [0.2, 0.25) is 0 Å². The second kappa shape index (κ2) is 4.11. The van der Waals surface area contributed by atoms with E-state index in [-0.39, 0.29) is 12.4 Å². The lowest BCUT2D eigenvalue weighted by Gasteiger charge is -2.06. The number of aliphatic hydroxyl groups is 1. The van der Waals surface area contributed by atoms with Crippen molar-refractivity contribution in [2.24, 2.45) is 0 Å². The molecule has 0 aliphatic rings. The zero-order valence-corrected chi connectivity index (χ0v) is 8.09. The largest absolute Gasteiger partial charge is 0.505 e. The quantitative estimate of drug-likeness (QED) is 0.780. The number of aromatic hydroxyl groups is 1. The molecule has 0 radical (unpaired) electrons. The number of hydrogen-bond acceptors (Lipinski definition) is 3. The van der Waals surface area contributed by atoms with Gasteiger partial charge >= 0.3 is 0 Å². The molecule has 1 aromatic heterocycles. The molecule has 1 aromatic carbocycles. The number of aliphatic hydroxyl groups excluding tert-OH is 1. The predicted octanol–water partition coefficient (Wildman–Crippen LogP) is 1.95. The van der Waals surface area contributed by atoms with Crippen molar-refractivity contribution in [1.82, 2.24) is 4.98 Å². The van der Waals surface area contributed by atoms with Crippen LogP contribution < -0.4 is 0 Å². The van der Waals surface area contributed by atoms with E-state index in [4.69, 9.17) is 5.11 Å². The third-order valence-electron chi connectivity index (χ3n) is 2.23. The number of nitrogens with zero attached hydrogens (tertiary/aromatic N) is 1. The van der Waals surface area contributed by atoms with E-state index >= 15 is 0 Å². The molecule has 15 heavy (non-hydrogen) atoms. The fraction of sp³-hybridized carbons (Fsp3) is 0.0833. The second-order valence-electron chi connectivity index (χ2n) is 3.18. The van der Waals surface area contributed by atoms with Gasteiger partial charge in [0.15, 0.2) is 0 Å². The van der Waals surface area contributed by atoms with Crippen LogP contribution in [0, 0.1) is 0 Å². The summed E-state index contributed by atoms with van der Waals surface area (Å²) in [6, 6.07) is 11.2. The molecular formula is C12H11NO2. The summed E-state index contributed by atoms with van der Waals surface area (Å²) in [7, 11) is 0. The fourth-order valence-corrected chi connectivity index (χ4v) is 1.46. The first-order chi connectivity index (χ1) is 7.33. The summed E-state index contributed by atoms with van der Waals surface area (Å²) in [5.74, 6) is 0.0474. The second-order valence-corrected chi connectivity index (χ2v) is 3.18. The molecule has 2 rings (SSSR count). The standard InChI is InChI=1S/C12H11NO2/c14-8-11-12(15)10(6-7-13-11)9-4-2-1-3-5-9/h1-7,14-15H,8H2. The van der Waals surface area contributed by atoms with E-state index in [1.165, 1.54) is 0 Å². The van der Waals surface area contributed by atoms with E-state index in [1.807, 2.05) is 30.3 Å². The maximum Gasteiger partial charge on any atom is 0.147 e. The van der Waals surface area contributed by atoms with Crippen molar-refractivity contribution in [2.45, 2.75) is 6.61 Å². The summed E-state index contributed by atoms with van der Waals surface area (Å²) >= 11 is 0. The van der Waals surface area contributed by atoms with Crippen LogP contribution in [0.4, 0.5) is 0 Å². The van der Waals surface area contributed by atoms with Crippen molar-refractivity contribution in [3.05, 3.63) is 48.3 Å². The van der Waals surface area contributed by atoms with E-state index in [0.717, 1.165) is 5.56 Å². The van der Waals surface area contributed by atoms with Crippen LogP contribution in [0.5, 0.6) is 5.75 Å². The first-order valence-corrected chi connectivity index (χ1v) is 4.66. The highest BCUT2D eigenvalue weighted by Crippen LogP contribution is 2.30. The van der Waals surface area contributed by atoms with Crippen LogP contribution >= 0.6 is 0 Å². The molecule has 76 valence electrons. The fourth-order valence-electron chi connectivity index (χ4n) is 1.46. The van der Waals surface area contributed by atoms with Gasteiger partial charge in [0.05, 0.1) is 6.61 Å². The molecule has 0 aliphatic heterocycles. The first-order valence-electron chi connectivity index (χ1n) is 4.66. The van der Waals surface area contributed by atoms with Crippen molar-refractivity contribution >= 4 is 0 Å². The van der Waals surface area contributed by atoms with Gasteiger partial charge < -0.3 is 10.2 Å². The third-order valence-corrected chi connectivity index (χ3v) is 2.23. The molecule has 3 heteroatoms. The zero-order valence-electron chi connectivity index (χ0n) is 8.09. The Hall–Kier alpha value is -1.87. The lowest BCUT2D eigenvalue weighted by molar-refractivity contribution is 0.270. The smallest absolute Gasteiger partial charge is 0.147 e. The summed E-state index contributed by atoms with van der Waals surface area (Å²) < 4.78 is 0. The zero-order chi connectivity index (χ0) is 10.7. The van der Waals surface area contributed by atoms with Crippen LogP contribution in [0.15, 0.2) is 42.6 Å². The molecule has 0 bridgehead atoms. The lowest BCUT2D eigenvalue weighted by atomic mass is 10.1. The number of aromatic nitrogens is 1. The maximum absolute atomic E-state index is 9.82. The molecule has 0 saturated carbocycles. The molecule has 3 nitrogen and oxygen atoms in total. The Morgan fingerprint density at radius 2 is 1.80 bits per heavy atom. The molecule has 0 atom stereocenters. The van der Waals surface area contributed by atoms with Crippen LogP contribution in [-0.2, 0) is 6.61 Å². The summed E-state index contributed by atoms with van der Waals surface area (Å²) in [6.07, 6.45) is 1.58. The van der Waals surface area contributed by atoms with E-state index in [1.54, 1.807) is 12.3 Å². The monoisotopic (exact) mass is 201 g/mol. The normalized spacial score (nSPS) is 10.2. The molecule has 2 aromatic rings. The summed E-state index contributed by atoms with van der Waals surface area (Å²) in [5.41, 5.74) is 1.90. The number of rotatable bonds is 2. The minimum atomic E-state index is -0.257. The Labute approximate surface area is 87.7 Å². The average molecular weight is 201 g/mol. The van der Waals surface area contributed by atoms with Crippen LogP contribution in [0.2, 0.25) is 0 Å². The topological polar surface area (TPSA) is 53.4 Å². The summed E-state index contributed by atoms with van der Waals surface area (Å²) in [5, 5.41) is 18.8. The molecule has 0 spiro atoms. The van der Waals surface area contributed by atoms with E-state index in [9.17, 15) is 5.11 Å². The van der Waals surface area contributed by atoms with Gasteiger partial charge in [-0.3, -0.25) is 4.98 Å². The number of hydrogen-bond donors (Lipinski definition) is 2. The molecule has 0 unspecified atom stereocenters. The SMILES string of the molecule is OCc1nccc(-c2ccccc2)c1O. The van der Waals surface area contributed by atoms with Gasteiger partial charge in [-0.2, -0.15) is 0 Å². The van der Waals surface area contributed by atoms with Crippen molar-refractivity contribution in [3.8, 4) is 16.9 Å². The van der Waals surface area contributed by atoms with Gasteiger partial charge in [-0.1, -0.05) is 30.3 Å². The van der Waals surface area contributed by atoms with Crippen LogP contribution in [0.1, 0.15) is 5.69 Å². The molecule has 0 fully saturated rings. The van der Waals surface area contributed by atoms with Gasteiger partial charge in [-0.15, -0.1) is 0 Å². The Morgan fingerprint density at radius 3 is 2.47 bits per heavy atom. The van der Waals surface area contributed by atoms with Gasteiger partial charge in [-0.05, 0) is 11.6 Å². The highest BCUT2D eigenvalue weighted by molar-refractivity contribution is 5.70. The Balaban J connectivity index is 2.54. The summed E-state index contributed by atoms with van der Waals surface area (Å²) in [6.45, 7) is -0.257. The number of pyridine rings is 1. The van der Waals surface area contributed by atoms with Crippen molar-refractivity contribution in [3.63, 3.8) is 0 Å². The minimum absolute atomic E-state index is 0.0474. The lowest BCUT2D eigenvalue weighted by Crippen LogP contribution is -1.91. The van der Waals surface area contributed by atoms with Gasteiger partial charge in [-0.25, -0.2) is 0 Å². The van der Waals surface area contributed by atoms with E-state index < -0.39 is 0 Å². The predicted molar refractivity (Wildman–Crippen MR) is 57.3 cm³/mol. The highest BCUT2D eigenvalue weighted by atomic mass is 16.3. The highest BCUT2D eigenvalue weighted by Gasteiger charge is 2.08. The van der Waals surface area contributed by atoms with Crippen molar-refractivity contribution < 1.29 is 10.2 Å². The Morgan fingerprint density at radius 1 is 1.07 bits per heavy atom. The molecule has 0 aliphatic carbocycles. The van der Waals surface area contributed by atoms with E-state index in [2.05, 4.69) is 4.98 Å². The molecule has 0 amide bonds. The first kappa shape index (κ1) is 9.68. The molecule has 2 N–H and O–H groups in total. The summed E-state index contributed by atoms with van der Waals surface area (Å²) in [4.78, 5) is 3.88. The number of benzene rings is 1. The third kappa shape index (κ3) is 1.82. The van der Waals surface area contributed by atoms with E-state index in [0.29, 0.717) is 11.3 Å². The molecular weight excluding hydrogens is 190 g/mol. The van der Waals surface area contributed by atoms with Gasteiger partial charge in [0.1, 0.15) is 11.4 Å². The van der Waals surface area contributed by atoms with Gasteiger partial charge in [0.25, 0.3) is 0 Å². The van der Waals surface area contributed by atoms with Crippen LogP contribution in [-0.4, -0.2) is 15.2 Å². The molecule has 1 heterocycles. The van der Waals surface area contributed by atoms with Crippen molar-refractivity contribution in [2.75, 3.05) is 0 Å². The maximum atomic E-state index is 9.82. The van der Waals surface area contributed by atoms with Crippen LogP contribution in [0.25, 0.3) is 11.1 Å². The van der Waals surface area contributed by atoms with Gasteiger partial charge in [0, 0.05) is 11.8 Å². The Bertz CT molecular complexity index is 454. The molecule has 0 saturated heterocycles. The Kier molecular flexibility index (Phi) is 2.65. The average Bonchev–Trinajstić information content (AvgIpc) is 2.30. The van der Waals surface area contributed by atoms with Crippen molar-refractivity contribution in [1.29, 1.82) is 0 Å².